The number of pyridine rings is 3. The van der Waals surface area contributed by atoms with Gasteiger partial charge in [0.25, 0.3) is 0 Å². The van der Waals surface area contributed by atoms with Crippen LogP contribution >= 0.6 is 0 Å². The molecule has 0 spiro atoms. The molecule has 9 heterocycles. The van der Waals surface area contributed by atoms with E-state index in [1.165, 1.54) is 55.4 Å². The van der Waals surface area contributed by atoms with Crippen molar-refractivity contribution in [2.75, 3.05) is 35.6 Å². The van der Waals surface area contributed by atoms with Gasteiger partial charge in [0.15, 0.2) is 0 Å². The zero-order chi connectivity index (χ0) is 66.4. The van der Waals surface area contributed by atoms with Crippen molar-refractivity contribution in [3.63, 3.8) is 0 Å². The lowest BCUT2D eigenvalue weighted by Crippen LogP contribution is -2.46. The van der Waals surface area contributed by atoms with E-state index in [1.807, 2.05) is 57.2 Å². The van der Waals surface area contributed by atoms with Crippen LogP contribution in [0.2, 0.25) is 0 Å². The first-order chi connectivity index (χ1) is 44.4. The molecule has 0 bridgehead atoms. The summed E-state index contributed by atoms with van der Waals surface area (Å²) >= 11 is 0. The second kappa shape index (κ2) is 28.5. The van der Waals surface area contributed by atoms with Crippen LogP contribution in [0.4, 0.5) is 17.1 Å². The normalized spacial score (nSPS) is 22.4. The van der Waals surface area contributed by atoms with Crippen molar-refractivity contribution in [2.45, 2.75) is 136 Å². The van der Waals surface area contributed by atoms with Gasteiger partial charge in [-0.3, -0.25) is 58.1 Å². The molecule has 9 atom stereocenters. The highest BCUT2D eigenvalue weighted by Gasteiger charge is 2.39. The molecule has 12 rings (SSSR count). The summed E-state index contributed by atoms with van der Waals surface area (Å²) in [4.78, 5) is 128. The standard InChI is InChI=1S/3C23H26N4O4/c3*1-13-3-5-19(15-4-6-20-16(8-15)7-14(2)31-20)27(12-13)23(30)22(29)26-18-9-17(21(24)28)10-25-11-18/h3*4,6,8-11,13-14,19H,3,5,7,12H2,1-2H3,(H2,24,28)(H,26,29)/t2*13-,14+,19+;13-,14-,19+/m100/s1. The Labute approximate surface area is 538 Å². The molecule has 0 radical (unpaired) electrons. The highest BCUT2D eigenvalue weighted by molar-refractivity contribution is 6.40. The van der Waals surface area contributed by atoms with E-state index in [-0.39, 0.29) is 70.2 Å². The number of nitrogens with zero attached hydrogens (tertiary/aromatic N) is 6. The number of hydrogen-bond acceptors (Lipinski definition) is 15. The molecule has 9 amide bonds. The SMILES string of the molecule is C[C@@H]1CC[C@@H](c2ccc3c(c2)C[C@H](C)O3)N(C(=O)C(=O)Nc2cncc(C(N)=O)c2)C1.C[C@H]1CC[C@H](c2ccc3c(c2)C[C@@H](C)O3)N(C(=O)C(=O)Nc2cncc(C(N)=O)c2)C1.C[C@H]1CC[C@H](c2ccc3c(c2)C[C@H](C)O3)N(C(=O)C(=O)Nc2cncc(C(N)=O)c2)C1. The zero-order valence-electron chi connectivity index (χ0n) is 52.9. The first-order valence-corrected chi connectivity index (χ1v) is 31.4. The first kappa shape index (κ1) is 65.7. The Morgan fingerprint density at radius 1 is 0.387 bits per heavy atom. The predicted octanol–water partition coefficient (Wildman–Crippen LogP) is 7.33. The number of benzene rings is 3. The Morgan fingerprint density at radius 3 is 0.914 bits per heavy atom. The third-order valence-corrected chi connectivity index (χ3v) is 17.6. The maximum absolute atomic E-state index is 13.1. The number of amides is 9. The summed E-state index contributed by atoms with van der Waals surface area (Å²) in [6.45, 7) is 13.8. The van der Waals surface area contributed by atoms with Crippen molar-refractivity contribution in [3.8, 4) is 17.2 Å². The van der Waals surface area contributed by atoms with Crippen LogP contribution in [0.25, 0.3) is 0 Å². The molecule has 3 fully saturated rings. The van der Waals surface area contributed by atoms with Crippen molar-refractivity contribution < 1.29 is 57.4 Å². The van der Waals surface area contributed by atoms with Crippen LogP contribution < -0.4 is 47.4 Å². The first-order valence-electron chi connectivity index (χ1n) is 31.4. The minimum Gasteiger partial charge on any atom is -0.490 e. The van der Waals surface area contributed by atoms with E-state index >= 15 is 0 Å². The van der Waals surface area contributed by atoms with Crippen LogP contribution in [-0.4, -0.2) is 121 Å². The van der Waals surface area contributed by atoms with Gasteiger partial charge in [-0.25, -0.2) is 0 Å². The van der Waals surface area contributed by atoms with Crippen molar-refractivity contribution in [3.05, 3.63) is 160 Å². The number of carbonyl (C=O) groups is 9. The van der Waals surface area contributed by atoms with Gasteiger partial charge in [-0.05, 0) is 165 Å². The van der Waals surface area contributed by atoms with E-state index in [4.69, 9.17) is 31.4 Å². The van der Waals surface area contributed by atoms with E-state index in [2.05, 4.69) is 69.9 Å². The summed E-state index contributed by atoms with van der Waals surface area (Å²) in [6, 6.07) is 21.8. The molecule has 0 unspecified atom stereocenters. The molecule has 3 saturated heterocycles. The molecule has 24 nitrogen and oxygen atoms in total. The fourth-order valence-electron chi connectivity index (χ4n) is 13.0. The topological polar surface area (TPSA) is 344 Å². The Kier molecular flexibility index (Phi) is 20.1. The fraction of sp³-hybridized carbons (Fsp3) is 0.391. The van der Waals surface area contributed by atoms with E-state index in [1.54, 1.807) is 14.7 Å². The van der Waals surface area contributed by atoms with Crippen molar-refractivity contribution in [1.29, 1.82) is 0 Å². The summed E-state index contributed by atoms with van der Waals surface area (Å²) in [5, 5.41) is 7.64. The predicted molar refractivity (Wildman–Crippen MR) is 343 cm³/mol. The number of aromatic nitrogens is 3. The van der Waals surface area contributed by atoms with Gasteiger partial charge >= 0.3 is 35.4 Å². The van der Waals surface area contributed by atoms with Gasteiger partial charge in [-0.1, -0.05) is 39.0 Å². The number of fused-ring (bicyclic) bond motifs is 3. The second-order valence-electron chi connectivity index (χ2n) is 25.3. The molecule has 0 aliphatic carbocycles. The van der Waals surface area contributed by atoms with Crippen LogP contribution in [0.5, 0.6) is 17.2 Å². The van der Waals surface area contributed by atoms with Gasteiger partial charge in [0.1, 0.15) is 35.6 Å². The second-order valence-corrected chi connectivity index (χ2v) is 25.3. The number of nitrogens with two attached hydrogens (primary N) is 3. The number of likely N-dealkylation sites (tertiary alicyclic amines) is 3. The van der Waals surface area contributed by atoms with Gasteiger partial charge in [0.05, 0.1) is 70.5 Å². The third-order valence-electron chi connectivity index (χ3n) is 17.6. The van der Waals surface area contributed by atoms with Crippen LogP contribution in [0.3, 0.4) is 0 Å². The Bertz CT molecular complexity index is 3510. The molecule has 486 valence electrons. The molecule has 3 aromatic heterocycles. The van der Waals surface area contributed by atoms with Crippen LogP contribution in [0.1, 0.15) is 163 Å². The summed E-state index contributed by atoms with van der Waals surface area (Å²) in [6.07, 6.45) is 16.3. The summed E-state index contributed by atoms with van der Waals surface area (Å²) in [5.74, 6) is -2.53. The number of hydrogen-bond donors (Lipinski definition) is 6. The van der Waals surface area contributed by atoms with Gasteiger partial charge < -0.3 is 62.1 Å². The van der Waals surface area contributed by atoms with Crippen LogP contribution in [0, 0.1) is 17.8 Å². The molecule has 93 heavy (non-hydrogen) atoms. The lowest BCUT2D eigenvalue weighted by atomic mass is 9.89. The van der Waals surface area contributed by atoms with E-state index < -0.39 is 53.2 Å². The molecule has 0 saturated carbocycles. The number of nitrogens with one attached hydrogen (secondary N) is 3. The molecule has 3 aromatic carbocycles. The van der Waals surface area contributed by atoms with Gasteiger partial charge in [-0.15, -0.1) is 0 Å². The van der Waals surface area contributed by atoms with Crippen molar-refractivity contribution >= 4 is 70.2 Å². The van der Waals surface area contributed by atoms with Gasteiger partial charge in [-0.2, -0.15) is 0 Å². The lowest BCUT2D eigenvalue weighted by molar-refractivity contribution is -0.146. The summed E-state index contributed by atoms with van der Waals surface area (Å²) < 4.78 is 17.4. The fourth-order valence-corrected chi connectivity index (χ4v) is 13.0. The quantitative estimate of drug-likeness (QED) is 0.0772. The van der Waals surface area contributed by atoms with E-state index in [0.717, 1.165) is 108 Å². The minimum absolute atomic E-state index is 0.143. The molecule has 6 aliphatic rings. The average molecular weight is 1270 g/mol. The van der Waals surface area contributed by atoms with Crippen molar-refractivity contribution in [2.24, 2.45) is 35.0 Å². The van der Waals surface area contributed by atoms with E-state index in [9.17, 15) is 43.2 Å². The highest BCUT2D eigenvalue weighted by atomic mass is 16.5. The van der Waals surface area contributed by atoms with Crippen LogP contribution in [-0.2, 0) is 48.0 Å². The summed E-state index contributed by atoms with van der Waals surface area (Å²) in [5.41, 5.74) is 23.4. The molecular formula is C69H78N12O12. The number of piperidine rings is 3. The molecule has 9 N–H and O–H groups in total. The number of carbonyl (C=O) groups excluding carboxylic acids is 9. The Morgan fingerprint density at radius 2 is 0.656 bits per heavy atom. The highest BCUT2D eigenvalue weighted by Crippen LogP contribution is 2.41. The molecule has 24 heteroatoms. The monoisotopic (exact) mass is 1270 g/mol. The van der Waals surface area contributed by atoms with Crippen LogP contribution in [0.15, 0.2) is 110 Å². The average Bonchev–Trinajstić information content (AvgIpc) is 1.80. The van der Waals surface area contributed by atoms with Gasteiger partial charge in [0, 0.05) is 57.5 Å². The third kappa shape index (κ3) is 15.7. The molecule has 6 aromatic rings. The molecular weight excluding hydrogens is 1190 g/mol. The van der Waals surface area contributed by atoms with E-state index in [0.29, 0.717) is 37.4 Å². The number of ether oxygens (including phenoxy) is 3. The Balaban J connectivity index is 0.000000153. The molecule has 6 aliphatic heterocycles. The lowest BCUT2D eigenvalue weighted by Gasteiger charge is -2.38. The zero-order valence-corrected chi connectivity index (χ0v) is 52.9. The van der Waals surface area contributed by atoms with Crippen molar-refractivity contribution in [1.82, 2.24) is 29.7 Å². The maximum Gasteiger partial charge on any atom is 0.313 e. The smallest absolute Gasteiger partial charge is 0.313 e. The summed E-state index contributed by atoms with van der Waals surface area (Å²) in [7, 11) is 0. The number of primary amides is 3. The maximum atomic E-state index is 13.1. The number of anilines is 3. The Hall–Kier alpha value is -10.3. The van der Waals surface area contributed by atoms with Gasteiger partial charge in [0.2, 0.25) is 17.7 Å². The largest absolute Gasteiger partial charge is 0.490 e. The minimum atomic E-state index is -0.763. The number of rotatable bonds is 9.